The number of carbonyl (C=O) groups excluding carboxylic acids is 1. The summed E-state index contributed by atoms with van der Waals surface area (Å²) in [5, 5.41) is 4.50. The predicted molar refractivity (Wildman–Crippen MR) is 114 cm³/mol. The summed E-state index contributed by atoms with van der Waals surface area (Å²) in [7, 11) is 0. The molecule has 0 bridgehead atoms. The zero-order valence-electron chi connectivity index (χ0n) is 16.5. The number of amides is 1. The van der Waals surface area contributed by atoms with Gasteiger partial charge in [0.15, 0.2) is 0 Å². The number of piperidine rings is 1. The van der Waals surface area contributed by atoms with Gasteiger partial charge in [-0.3, -0.25) is 14.5 Å². The zero-order chi connectivity index (χ0) is 20.2. The van der Waals surface area contributed by atoms with E-state index in [0.717, 1.165) is 39.0 Å². The maximum Gasteiger partial charge on any atom is 0.292 e. The second-order valence-corrected chi connectivity index (χ2v) is 7.98. The van der Waals surface area contributed by atoms with Crippen LogP contribution in [0.2, 0.25) is 5.02 Å². The number of para-hydroxylation sites is 1. The van der Waals surface area contributed by atoms with Crippen molar-refractivity contribution in [3.8, 4) is 5.69 Å². The number of likely N-dealkylation sites (tertiary alicyclic amines) is 1. The Morgan fingerprint density at radius 3 is 2.34 bits per heavy atom. The SMILES string of the molecule is O=C(CN1CCN(c2cnn(-c3ccccc3)c(=O)c2Cl)CC1)N1CCCCC1. The van der Waals surface area contributed by atoms with Gasteiger partial charge in [0, 0.05) is 39.3 Å². The highest BCUT2D eigenvalue weighted by Crippen LogP contribution is 2.23. The summed E-state index contributed by atoms with van der Waals surface area (Å²) in [6.45, 7) is 5.19. The van der Waals surface area contributed by atoms with E-state index < -0.39 is 0 Å². The highest BCUT2D eigenvalue weighted by atomic mass is 35.5. The lowest BCUT2D eigenvalue weighted by molar-refractivity contribution is -0.133. The van der Waals surface area contributed by atoms with Crippen molar-refractivity contribution < 1.29 is 4.79 Å². The molecule has 2 aliphatic rings. The van der Waals surface area contributed by atoms with Crippen molar-refractivity contribution >= 4 is 23.2 Å². The lowest BCUT2D eigenvalue weighted by Gasteiger charge is -2.37. The topological polar surface area (TPSA) is 61.7 Å². The second kappa shape index (κ2) is 8.97. The minimum Gasteiger partial charge on any atom is -0.366 e. The molecule has 0 saturated carbocycles. The molecule has 7 nitrogen and oxygen atoms in total. The highest BCUT2D eigenvalue weighted by Gasteiger charge is 2.24. The van der Waals surface area contributed by atoms with Crippen LogP contribution in [0.25, 0.3) is 5.69 Å². The van der Waals surface area contributed by atoms with Crippen LogP contribution < -0.4 is 10.5 Å². The molecule has 1 aromatic heterocycles. The number of nitrogens with zero attached hydrogens (tertiary/aromatic N) is 5. The minimum absolute atomic E-state index is 0.182. The lowest BCUT2D eigenvalue weighted by Crippen LogP contribution is -2.51. The van der Waals surface area contributed by atoms with E-state index in [2.05, 4.69) is 14.9 Å². The van der Waals surface area contributed by atoms with Gasteiger partial charge in [-0.05, 0) is 31.4 Å². The van der Waals surface area contributed by atoms with Gasteiger partial charge in [0.2, 0.25) is 5.91 Å². The Labute approximate surface area is 175 Å². The molecule has 0 atom stereocenters. The van der Waals surface area contributed by atoms with Crippen LogP contribution in [0.3, 0.4) is 0 Å². The van der Waals surface area contributed by atoms with Crippen molar-refractivity contribution in [1.29, 1.82) is 0 Å². The maximum atomic E-state index is 12.7. The third-order valence-corrected chi connectivity index (χ3v) is 6.04. The summed E-state index contributed by atoms with van der Waals surface area (Å²) in [6, 6.07) is 9.25. The molecule has 8 heteroatoms. The molecular weight excluding hydrogens is 390 g/mol. The molecule has 0 N–H and O–H groups in total. The Morgan fingerprint density at radius 2 is 1.66 bits per heavy atom. The van der Waals surface area contributed by atoms with Crippen LogP contribution in [-0.2, 0) is 4.79 Å². The van der Waals surface area contributed by atoms with E-state index in [9.17, 15) is 9.59 Å². The van der Waals surface area contributed by atoms with Gasteiger partial charge in [-0.25, -0.2) is 0 Å². The van der Waals surface area contributed by atoms with Crippen LogP contribution in [0, 0.1) is 0 Å². The van der Waals surface area contributed by atoms with Gasteiger partial charge in [0.1, 0.15) is 5.02 Å². The van der Waals surface area contributed by atoms with Crippen LogP contribution in [0.15, 0.2) is 41.3 Å². The first-order chi connectivity index (χ1) is 14.1. The summed E-state index contributed by atoms with van der Waals surface area (Å²) in [5.74, 6) is 0.225. The fourth-order valence-corrected chi connectivity index (χ4v) is 4.23. The van der Waals surface area contributed by atoms with Gasteiger partial charge in [0.05, 0.1) is 24.1 Å². The quantitative estimate of drug-likeness (QED) is 0.764. The van der Waals surface area contributed by atoms with Crippen LogP contribution in [0.4, 0.5) is 5.69 Å². The average molecular weight is 416 g/mol. The van der Waals surface area contributed by atoms with Crippen LogP contribution in [-0.4, -0.2) is 71.3 Å². The number of halogens is 1. The Hall–Kier alpha value is -2.38. The van der Waals surface area contributed by atoms with Crippen molar-refractivity contribution in [2.75, 3.05) is 50.7 Å². The Kier molecular flexibility index (Phi) is 6.16. The largest absolute Gasteiger partial charge is 0.366 e. The molecule has 4 rings (SSSR count). The van der Waals surface area contributed by atoms with E-state index >= 15 is 0 Å². The summed E-state index contributed by atoms with van der Waals surface area (Å²) in [6.07, 6.45) is 5.10. The predicted octanol–water partition coefficient (Wildman–Crippen LogP) is 2.02. The molecule has 2 aromatic rings. The molecular formula is C21H26ClN5O2. The molecule has 1 amide bonds. The Morgan fingerprint density at radius 1 is 0.966 bits per heavy atom. The highest BCUT2D eigenvalue weighted by molar-refractivity contribution is 6.33. The van der Waals surface area contributed by atoms with E-state index in [0.29, 0.717) is 31.0 Å². The number of carbonyl (C=O) groups is 1. The summed E-state index contributed by atoms with van der Waals surface area (Å²) >= 11 is 6.41. The van der Waals surface area contributed by atoms with Gasteiger partial charge in [-0.15, -0.1) is 0 Å². The fourth-order valence-electron chi connectivity index (χ4n) is 3.98. The Balaban J connectivity index is 1.39. The number of hydrogen-bond acceptors (Lipinski definition) is 5. The van der Waals surface area contributed by atoms with Gasteiger partial charge in [-0.1, -0.05) is 29.8 Å². The third kappa shape index (κ3) is 4.46. The second-order valence-electron chi connectivity index (χ2n) is 7.60. The molecule has 0 unspecified atom stereocenters. The molecule has 0 radical (unpaired) electrons. The monoisotopic (exact) mass is 415 g/mol. The third-order valence-electron chi connectivity index (χ3n) is 5.68. The molecule has 29 heavy (non-hydrogen) atoms. The van der Waals surface area contributed by atoms with Crippen molar-refractivity contribution in [3.05, 3.63) is 51.9 Å². The van der Waals surface area contributed by atoms with Gasteiger partial charge in [0.25, 0.3) is 5.56 Å². The minimum atomic E-state index is -0.321. The van der Waals surface area contributed by atoms with Crippen molar-refractivity contribution in [2.45, 2.75) is 19.3 Å². The first kappa shape index (κ1) is 19.9. The standard InChI is InChI=1S/C21H26ClN5O2/c22-20-18(15-23-27(21(20)29)17-7-3-1-4-8-17)25-13-11-24(12-14-25)16-19(28)26-9-5-2-6-10-26/h1,3-4,7-8,15H,2,5-6,9-14,16H2. The van der Waals surface area contributed by atoms with Crippen LogP contribution in [0.5, 0.6) is 0 Å². The van der Waals surface area contributed by atoms with Crippen molar-refractivity contribution in [3.63, 3.8) is 0 Å². The van der Waals surface area contributed by atoms with E-state index in [-0.39, 0.29) is 16.5 Å². The zero-order valence-corrected chi connectivity index (χ0v) is 17.2. The van der Waals surface area contributed by atoms with Gasteiger partial charge < -0.3 is 9.80 Å². The average Bonchev–Trinajstić information content (AvgIpc) is 2.77. The number of piperazine rings is 1. The molecule has 2 saturated heterocycles. The van der Waals surface area contributed by atoms with Crippen molar-refractivity contribution in [1.82, 2.24) is 19.6 Å². The number of rotatable bonds is 4. The summed E-state index contributed by atoms with van der Waals surface area (Å²) < 4.78 is 1.32. The first-order valence-electron chi connectivity index (χ1n) is 10.2. The van der Waals surface area contributed by atoms with Crippen LogP contribution >= 0.6 is 11.6 Å². The molecule has 2 aliphatic heterocycles. The number of benzene rings is 1. The molecule has 154 valence electrons. The van der Waals surface area contributed by atoms with Crippen molar-refractivity contribution in [2.24, 2.45) is 0 Å². The lowest BCUT2D eigenvalue weighted by atomic mass is 10.1. The molecule has 3 heterocycles. The van der Waals surface area contributed by atoms with E-state index in [4.69, 9.17) is 11.6 Å². The molecule has 1 aromatic carbocycles. The Bertz CT molecular complexity index is 903. The summed E-state index contributed by atoms with van der Waals surface area (Å²) in [5.41, 5.74) is 1.02. The first-order valence-corrected chi connectivity index (χ1v) is 10.6. The molecule has 0 spiro atoms. The number of aromatic nitrogens is 2. The normalized spacial score (nSPS) is 18.1. The van der Waals surface area contributed by atoms with E-state index in [1.54, 1.807) is 6.20 Å². The number of hydrogen-bond donors (Lipinski definition) is 0. The summed E-state index contributed by atoms with van der Waals surface area (Å²) in [4.78, 5) is 31.4. The van der Waals surface area contributed by atoms with E-state index in [1.807, 2.05) is 35.2 Å². The van der Waals surface area contributed by atoms with Gasteiger partial charge in [-0.2, -0.15) is 9.78 Å². The molecule has 0 aliphatic carbocycles. The van der Waals surface area contributed by atoms with Crippen LogP contribution in [0.1, 0.15) is 19.3 Å². The number of anilines is 1. The maximum absolute atomic E-state index is 12.7. The molecule has 2 fully saturated rings. The fraction of sp³-hybridized carbons (Fsp3) is 0.476. The van der Waals surface area contributed by atoms with E-state index in [1.165, 1.54) is 11.1 Å². The smallest absolute Gasteiger partial charge is 0.292 e. The van der Waals surface area contributed by atoms with Gasteiger partial charge >= 0.3 is 0 Å².